The van der Waals surface area contributed by atoms with Gasteiger partial charge in [-0.2, -0.15) is 45.4 Å². The van der Waals surface area contributed by atoms with Crippen LogP contribution in [-0.2, 0) is 33.5 Å². The van der Waals surface area contributed by atoms with Gasteiger partial charge < -0.3 is 39.2 Å². The predicted octanol–water partition coefficient (Wildman–Crippen LogP) is 18.5. The minimum atomic E-state index is -4.38. The lowest BCUT2D eigenvalue weighted by atomic mass is 10.1. The zero-order valence-corrected chi connectivity index (χ0v) is 75.9. The number of nitrogens with zero attached hydrogens (tertiary/aromatic N) is 25. The number of aromatic nitrogens is 24. The molecule has 0 spiro atoms. The minimum Gasteiger partial charge on any atom is -0.496 e. The number of hydrogen-bond donors (Lipinski definition) is 2. The number of methoxy groups -OCH3 is 2. The first-order valence-electron chi connectivity index (χ1n) is 43.5. The molecule has 0 saturated carbocycles. The van der Waals surface area contributed by atoms with Gasteiger partial charge in [0.1, 0.15) is 39.8 Å². The van der Waals surface area contributed by atoms with Crippen LogP contribution in [0.5, 0.6) is 23.3 Å². The van der Waals surface area contributed by atoms with Crippen LogP contribution in [0.4, 0.5) is 35.0 Å². The molecule has 138 heavy (non-hydrogen) atoms. The number of para-hydroxylation sites is 1. The minimum absolute atomic E-state index is 0.157. The van der Waals surface area contributed by atoms with E-state index in [9.17, 15) is 22.4 Å². The number of carbonyl (C=O) groups is 1. The number of anilines is 3. The molecule has 2 unspecified atom stereocenters. The number of morpholine rings is 1. The Kier molecular flexibility index (Phi) is 29.1. The Bertz CT molecular complexity index is 7610. The number of aryl methyl sites for hydroxylation is 1. The number of esters is 1. The van der Waals surface area contributed by atoms with Crippen LogP contribution >= 0.6 is 11.8 Å². The third-order valence-corrected chi connectivity index (χ3v) is 22.1. The van der Waals surface area contributed by atoms with Crippen LogP contribution in [0, 0.1) is 12.7 Å². The van der Waals surface area contributed by atoms with Gasteiger partial charge in [0, 0.05) is 64.2 Å². The number of ether oxygens (including phenoxy) is 5. The lowest BCUT2D eigenvalue weighted by Crippen LogP contribution is -2.50. The van der Waals surface area contributed by atoms with Gasteiger partial charge >= 0.3 is 12.1 Å². The number of hydrogen-bond acceptors (Lipinski definition) is 28. The van der Waals surface area contributed by atoms with Crippen molar-refractivity contribution >= 4 is 69.1 Å². The van der Waals surface area contributed by atoms with Gasteiger partial charge in [-0.15, -0.1) is 86.7 Å². The van der Waals surface area contributed by atoms with E-state index in [1.165, 1.54) is 47.2 Å². The molecule has 33 nitrogen and oxygen atoms in total. The Hall–Kier alpha value is -17.4. The molecule has 1 aliphatic rings. The molecule has 1 fully saturated rings. The highest BCUT2D eigenvalue weighted by Crippen LogP contribution is 2.33. The zero-order valence-electron chi connectivity index (χ0n) is 75.0. The van der Waals surface area contributed by atoms with E-state index in [1.54, 1.807) is 84.6 Å². The molecular weight excluding hydrogens is 1780 g/mol. The van der Waals surface area contributed by atoms with Crippen molar-refractivity contribution in [1.82, 2.24) is 119 Å². The summed E-state index contributed by atoms with van der Waals surface area (Å²) in [5.74, 6) is 8.10. The summed E-state index contributed by atoms with van der Waals surface area (Å²) < 4.78 is 88.0. The number of rotatable bonds is 21. The molecule has 38 heteroatoms. The smallest absolute Gasteiger partial charge is 0.416 e. The second kappa shape index (κ2) is 43.5. The van der Waals surface area contributed by atoms with Crippen molar-refractivity contribution in [2.45, 2.75) is 64.1 Å². The van der Waals surface area contributed by atoms with E-state index in [0.29, 0.717) is 101 Å². The molecule has 0 radical (unpaired) electrons. The van der Waals surface area contributed by atoms with E-state index in [4.69, 9.17) is 23.7 Å². The summed E-state index contributed by atoms with van der Waals surface area (Å²) in [4.78, 5) is 13.6. The number of benzene rings is 9. The van der Waals surface area contributed by atoms with Crippen molar-refractivity contribution in [2.24, 2.45) is 0 Å². The van der Waals surface area contributed by atoms with Crippen LogP contribution < -0.4 is 29.7 Å². The van der Waals surface area contributed by atoms with Crippen molar-refractivity contribution in [3.8, 4) is 91.6 Å². The third-order valence-electron chi connectivity index (χ3n) is 21.2. The van der Waals surface area contributed by atoms with Crippen LogP contribution in [0.2, 0.25) is 0 Å². The monoisotopic (exact) mass is 1870 g/mol. The van der Waals surface area contributed by atoms with E-state index in [-0.39, 0.29) is 29.6 Å². The van der Waals surface area contributed by atoms with Gasteiger partial charge in [-0.25, -0.2) is 4.39 Å². The van der Waals surface area contributed by atoms with E-state index < -0.39 is 11.7 Å². The quantitative estimate of drug-likeness (QED) is 0.0383. The summed E-state index contributed by atoms with van der Waals surface area (Å²) in [6, 6.07) is 98.4. The predicted molar refractivity (Wildman–Crippen MR) is 514 cm³/mol. The van der Waals surface area contributed by atoms with Crippen molar-refractivity contribution in [1.29, 1.82) is 0 Å². The van der Waals surface area contributed by atoms with Gasteiger partial charge in [0.2, 0.25) is 11.8 Å². The molecule has 2 N–H and O–H groups in total. The second-order valence-electron chi connectivity index (χ2n) is 30.8. The van der Waals surface area contributed by atoms with Gasteiger partial charge in [-0.1, -0.05) is 224 Å². The summed E-state index contributed by atoms with van der Waals surface area (Å²) in [6.45, 7) is 10.9. The summed E-state index contributed by atoms with van der Waals surface area (Å²) >= 11 is 1.33. The van der Waals surface area contributed by atoms with Crippen molar-refractivity contribution in [3.05, 3.63) is 350 Å². The van der Waals surface area contributed by atoms with Crippen LogP contribution in [0.3, 0.4) is 0 Å². The SMILES string of the molecule is CC1COCC(C)N1c1ccc2nnc(-c3ccc(C(F)(F)F)cc3)n2n1.CCOC(=O)CSc1ccc2nnc(-c3ccccc3)n2n1.COc1ccc2nnc(-c3ccccc3)n2n1.COc1ccccc1CNc1ccc2nnc(-c3ccccc3)n2n1.Cc1ccc(CNc2ccc3nnc(-c4ccccc4)n3n2)cc1.Fc1ccc(Oc2ccc3nnc(-c4ccccc4)n3n2)cc1. The molecule has 12 aromatic heterocycles. The molecule has 0 bridgehead atoms. The lowest BCUT2D eigenvalue weighted by molar-refractivity contribution is -0.140. The lowest BCUT2D eigenvalue weighted by Gasteiger charge is -2.39. The Morgan fingerprint density at radius 2 is 0.797 bits per heavy atom. The first-order chi connectivity index (χ1) is 67.4. The van der Waals surface area contributed by atoms with Gasteiger partial charge in [0.25, 0.3) is 0 Å². The van der Waals surface area contributed by atoms with Crippen molar-refractivity contribution < 1.29 is 46.0 Å². The fourth-order valence-electron chi connectivity index (χ4n) is 14.4. The Morgan fingerprint density at radius 3 is 1.25 bits per heavy atom. The largest absolute Gasteiger partial charge is 0.496 e. The van der Waals surface area contributed by atoms with E-state index in [2.05, 4.69) is 152 Å². The summed E-state index contributed by atoms with van der Waals surface area (Å²) in [5, 5.41) is 84.3. The molecule has 22 rings (SSSR count). The number of fused-ring (bicyclic) bond motifs is 6. The molecule has 0 aliphatic carbocycles. The van der Waals surface area contributed by atoms with Crippen molar-refractivity contribution in [2.75, 3.05) is 55.3 Å². The van der Waals surface area contributed by atoms with E-state index >= 15 is 0 Å². The first kappa shape index (κ1) is 92.4. The fraction of sp³-hybridized carbons (Fsp3) is 0.150. The maximum atomic E-state index is 12.9. The summed E-state index contributed by atoms with van der Waals surface area (Å²) in [5.41, 5.74) is 12.1. The molecule has 0 amide bonds. The van der Waals surface area contributed by atoms with Gasteiger partial charge in [0.05, 0.1) is 57.4 Å². The fourth-order valence-corrected chi connectivity index (χ4v) is 15.1. The molecule has 13 heterocycles. The van der Waals surface area contributed by atoms with Gasteiger partial charge in [-0.3, -0.25) is 4.79 Å². The van der Waals surface area contributed by atoms with Gasteiger partial charge in [-0.05, 0) is 136 Å². The highest BCUT2D eigenvalue weighted by Gasteiger charge is 2.31. The number of carbonyl (C=O) groups excluding carboxylic acids is 1. The molecule has 692 valence electrons. The van der Waals surface area contributed by atoms with Crippen LogP contribution in [-0.4, -0.2) is 177 Å². The summed E-state index contributed by atoms with van der Waals surface area (Å²) in [7, 11) is 3.26. The molecule has 1 aliphatic heterocycles. The van der Waals surface area contributed by atoms with Crippen molar-refractivity contribution in [3.63, 3.8) is 0 Å². The normalized spacial score (nSPS) is 12.8. The number of halogens is 4. The Balaban J connectivity index is 0.000000115. The number of thioether (sulfide) groups is 1. The number of alkyl halides is 3. The first-order valence-corrected chi connectivity index (χ1v) is 44.5. The highest BCUT2D eigenvalue weighted by atomic mass is 32.2. The molecule has 2 atom stereocenters. The van der Waals surface area contributed by atoms with E-state index in [1.807, 2.05) is 224 Å². The highest BCUT2D eigenvalue weighted by molar-refractivity contribution is 7.99. The average molecular weight is 1870 g/mol. The second-order valence-corrected chi connectivity index (χ2v) is 31.8. The van der Waals surface area contributed by atoms with Crippen LogP contribution in [0.1, 0.15) is 43.0 Å². The summed E-state index contributed by atoms with van der Waals surface area (Å²) in [6.07, 6.45) is -4.38. The average Bonchev–Trinajstić information content (AvgIpc) is 1.58. The standard InChI is InChI=1S/C19H17N5O.C19H17N5.C18H18F3N5O.C17H11FN4O.C15H14N4O2S.C12H10N4O/c1-25-16-10-6-5-9-15(16)13-20-17-11-12-18-21-22-19(24(18)23-17)14-7-3-2-4-8-14;1-14-7-9-15(10-8-14)13-20-17-11-12-18-21-22-19(24(18)23-17)16-5-3-2-4-6-16;1-11-9-27-10-12(2)25(11)16-8-7-15-22-23-17(26(15)24-16)13-3-5-14(6-4-13)18(19,20)21;18-13-6-8-14(9-7-13)23-16-11-10-15-19-20-17(22(15)21-16)12-4-2-1-3-5-12;1-2-21-14(20)10-22-13-9-8-12-16-17-15(19(12)18-13)11-6-4-3-5-7-11;1-17-11-8-7-10-13-14-12(16(10)15-11)9-5-3-2-4-6-9/h2-12H,13H2,1H3,(H,20,23);2-12H,13H2,1H3,(H,20,23);3-8,11-12H,9-10H2,1-2H3;1-11H;3-9H,2,10H2,1H3;2-8H,1H3. The third kappa shape index (κ3) is 22.6. The topological polar surface area (TPSA) is 349 Å². The molecular formula is C100H87F4N27O6S. The number of nitrogens with one attached hydrogen (secondary N) is 2. The molecule has 1 saturated heterocycles. The zero-order chi connectivity index (χ0) is 95.3. The molecule has 9 aromatic carbocycles. The maximum Gasteiger partial charge on any atom is 0.416 e. The maximum absolute atomic E-state index is 12.9. The van der Waals surface area contributed by atoms with Gasteiger partial charge in [0.15, 0.2) is 68.8 Å². The Morgan fingerprint density at radius 1 is 0.406 bits per heavy atom. The Labute approximate surface area is 790 Å². The van der Waals surface area contributed by atoms with Crippen LogP contribution in [0.15, 0.2) is 327 Å². The van der Waals surface area contributed by atoms with Crippen LogP contribution in [0.25, 0.3) is 102 Å². The molecule has 21 aromatic rings. The van der Waals surface area contributed by atoms with E-state index in [0.717, 1.165) is 97.6 Å².